The number of piperidine rings is 1. The van der Waals surface area contributed by atoms with Crippen molar-refractivity contribution >= 4 is 22.5 Å². The first-order valence-electron chi connectivity index (χ1n) is 15.2. The van der Waals surface area contributed by atoms with Crippen LogP contribution in [0.1, 0.15) is 86.4 Å². The smallest absolute Gasteiger partial charge is 0.274 e. The van der Waals surface area contributed by atoms with E-state index in [2.05, 4.69) is 38.4 Å². The van der Waals surface area contributed by atoms with Crippen LogP contribution in [0.4, 0.5) is 5.69 Å². The Morgan fingerprint density at radius 2 is 1.77 bits per heavy atom. The normalized spacial score (nSPS) is 23.5. The highest BCUT2D eigenvalue weighted by Gasteiger charge is 2.38. The SMILES string of the molecule is COc1cc2nn(C3CCC(N(C)C4CCC5(CCNCC5)CC4)CC3)cc2cc1NC(=O)c1cccc(C)n1. The van der Waals surface area contributed by atoms with E-state index in [1.807, 2.05) is 31.2 Å². The second-order valence-electron chi connectivity index (χ2n) is 12.4. The van der Waals surface area contributed by atoms with Gasteiger partial charge in [-0.15, -0.1) is 0 Å². The van der Waals surface area contributed by atoms with Crippen LogP contribution in [0.5, 0.6) is 5.75 Å². The molecule has 3 fully saturated rings. The highest BCUT2D eigenvalue weighted by atomic mass is 16.5. The number of ether oxygens (including phenoxy) is 1. The molecule has 1 amide bonds. The number of pyridine rings is 1. The number of aromatic nitrogens is 3. The number of benzene rings is 1. The van der Waals surface area contributed by atoms with Crippen molar-refractivity contribution in [3.63, 3.8) is 0 Å². The third kappa shape index (κ3) is 5.61. The second kappa shape index (κ2) is 11.5. The summed E-state index contributed by atoms with van der Waals surface area (Å²) in [6.45, 7) is 4.30. The monoisotopic (exact) mass is 544 g/mol. The number of anilines is 1. The van der Waals surface area contributed by atoms with Crippen LogP contribution in [0, 0.1) is 12.3 Å². The van der Waals surface area contributed by atoms with Crippen LogP contribution in [-0.4, -0.2) is 64.9 Å². The van der Waals surface area contributed by atoms with E-state index < -0.39 is 0 Å². The first-order valence-corrected chi connectivity index (χ1v) is 15.2. The highest BCUT2D eigenvalue weighted by molar-refractivity contribution is 6.05. The van der Waals surface area contributed by atoms with E-state index >= 15 is 0 Å². The Labute approximate surface area is 237 Å². The van der Waals surface area contributed by atoms with Gasteiger partial charge in [-0.05, 0) is 115 Å². The lowest BCUT2D eigenvalue weighted by Gasteiger charge is -2.47. The second-order valence-corrected chi connectivity index (χ2v) is 12.4. The largest absolute Gasteiger partial charge is 0.494 e. The van der Waals surface area contributed by atoms with Crippen molar-refractivity contribution in [1.29, 1.82) is 0 Å². The van der Waals surface area contributed by atoms with Gasteiger partial charge in [0.2, 0.25) is 0 Å². The molecule has 2 aromatic heterocycles. The first kappa shape index (κ1) is 27.2. The number of fused-ring (bicyclic) bond motifs is 1. The molecule has 0 unspecified atom stereocenters. The molecular formula is C32H44N6O2. The molecule has 0 atom stereocenters. The third-order valence-electron chi connectivity index (χ3n) is 10.1. The lowest BCUT2D eigenvalue weighted by Crippen LogP contribution is -2.47. The summed E-state index contributed by atoms with van der Waals surface area (Å²) >= 11 is 0. The van der Waals surface area contributed by atoms with Gasteiger partial charge in [0, 0.05) is 35.4 Å². The van der Waals surface area contributed by atoms with Crippen LogP contribution < -0.4 is 15.4 Å². The molecule has 40 heavy (non-hydrogen) atoms. The van der Waals surface area contributed by atoms with E-state index in [1.54, 1.807) is 13.2 Å². The molecule has 8 heteroatoms. The van der Waals surface area contributed by atoms with Crippen molar-refractivity contribution in [3.05, 3.63) is 47.9 Å². The van der Waals surface area contributed by atoms with E-state index in [0.717, 1.165) is 35.5 Å². The Morgan fingerprint density at radius 3 is 2.48 bits per heavy atom. The van der Waals surface area contributed by atoms with Gasteiger partial charge in [0.15, 0.2) is 0 Å². The lowest BCUT2D eigenvalue weighted by molar-refractivity contribution is 0.0443. The summed E-state index contributed by atoms with van der Waals surface area (Å²) in [6.07, 6.45) is 15.1. The molecule has 1 spiro atoms. The zero-order valence-corrected chi connectivity index (χ0v) is 24.3. The van der Waals surface area contributed by atoms with Crippen molar-refractivity contribution in [3.8, 4) is 5.75 Å². The van der Waals surface area contributed by atoms with Gasteiger partial charge in [-0.1, -0.05) is 6.07 Å². The fourth-order valence-corrected chi connectivity index (χ4v) is 7.49. The van der Waals surface area contributed by atoms with E-state index in [1.165, 1.54) is 64.5 Å². The molecule has 0 bridgehead atoms. The predicted octanol–water partition coefficient (Wildman–Crippen LogP) is 5.73. The van der Waals surface area contributed by atoms with Gasteiger partial charge >= 0.3 is 0 Å². The lowest BCUT2D eigenvalue weighted by atomic mass is 9.67. The van der Waals surface area contributed by atoms with Gasteiger partial charge in [-0.2, -0.15) is 5.10 Å². The number of nitrogens with one attached hydrogen (secondary N) is 2. The maximum absolute atomic E-state index is 12.8. The van der Waals surface area contributed by atoms with E-state index in [4.69, 9.17) is 9.84 Å². The van der Waals surface area contributed by atoms with Crippen molar-refractivity contribution in [2.24, 2.45) is 5.41 Å². The van der Waals surface area contributed by atoms with Crippen molar-refractivity contribution in [1.82, 2.24) is 25.0 Å². The maximum atomic E-state index is 12.8. The minimum Gasteiger partial charge on any atom is -0.494 e. The van der Waals surface area contributed by atoms with Crippen LogP contribution in [0.25, 0.3) is 10.9 Å². The summed E-state index contributed by atoms with van der Waals surface area (Å²) in [5.41, 5.74) is 3.34. The molecule has 214 valence electrons. The Hall–Kier alpha value is -2.97. The summed E-state index contributed by atoms with van der Waals surface area (Å²) < 4.78 is 7.76. The molecule has 3 aliphatic rings. The molecule has 1 aliphatic heterocycles. The minimum atomic E-state index is -0.250. The molecule has 1 saturated heterocycles. The number of hydrogen-bond donors (Lipinski definition) is 2. The van der Waals surface area contributed by atoms with Crippen LogP contribution in [0.15, 0.2) is 36.5 Å². The summed E-state index contributed by atoms with van der Waals surface area (Å²) in [5.74, 6) is 0.350. The van der Waals surface area contributed by atoms with Crippen LogP contribution in [-0.2, 0) is 0 Å². The van der Waals surface area contributed by atoms with Crippen molar-refractivity contribution in [2.45, 2.75) is 89.3 Å². The molecule has 2 aliphatic carbocycles. The first-order chi connectivity index (χ1) is 19.4. The molecule has 3 aromatic rings. The number of carbonyl (C=O) groups excluding carboxylic acids is 1. The van der Waals surface area contributed by atoms with E-state index in [-0.39, 0.29) is 5.91 Å². The van der Waals surface area contributed by atoms with Gasteiger partial charge in [-0.25, -0.2) is 4.98 Å². The summed E-state index contributed by atoms with van der Waals surface area (Å²) in [5, 5.41) is 12.5. The molecule has 6 rings (SSSR count). The molecule has 0 radical (unpaired) electrons. The third-order valence-corrected chi connectivity index (χ3v) is 10.1. The van der Waals surface area contributed by atoms with Crippen LogP contribution in [0.2, 0.25) is 0 Å². The predicted molar refractivity (Wildman–Crippen MR) is 159 cm³/mol. The zero-order valence-electron chi connectivity index (χ0n) is 24.3. The standard InChI is InChI=1S/C32H44N6O2/c1-22-5-4-6-27(34-22)31(39)35-29-19-23-21-38(36-28(23)20-30(29)40-3)26-9-7-24(8-10-26)37(2)25-11-13-32(14-12-25)15-17-33-18-16-32/h4-6,19-21,24-26,33H,7-18H2,1-3H3,(H,35,39). The van der Waals surface area contributed by atoms with Crippen molar-refractivity contribution < 1.29 is 9.53 Å². The van der Waals surface area contributed by atoms with E-state index in [0.29, 0.717) is 34.6 Å². The van der Waals surface area contributed by atoms with Gasteiger partial charge in [0.1, 0.15) is 11.4 Å². The fraction of sp³-hybridized carbons (Fsp3) is 0.594. The Kier molecular flexibility index (Phi) is 7.82. The quantitative estimate of drug-likeness (QED) is 0.412. The fourth-order valence-electron chi connectivity index (χ4n) is 7.49. The summed E-state index contributed by atoms with van der Waals surface area (Å²) in [7, 11) is 4.00. The van der Waals surface area contributed by atoms with Crippen molar-refractivity contribution in [2.75, 3.05) is 32.6 Å². The number of amides is 1. The zero-order chi connectivity index (χ0) is 27.7. The van der Waals surface area contributed by atoms with Crippen LogP contribution in [0.3, 0.4) is 0 Å². The topological polar surface area (TPSA) is 84.3 Å². The minimum absolute atomic E-state index is 0.250. The van der Waals surface area contributed by atoms with Crippen LogP contribution >= 0.6 is 0 Å². The van der Waals surface area contributed by atoms with Gasteiger partial charge in [0.25, 0.3) is 5.91 Å². The molecule has 2 N–H and O–H groups in total. The number of nitrogens with zero attached hydrogens (tertiary/aromatic N) is 4. The molecule has 8 nitrogen and oxygen atoms in total. The number of hydrogen-bond acceptors (Lipinski definition) is 6. The summed E-state index contributed by atoms with van der Waals surface area (Å²) in [4.78, 5) is 19.9. The molecule has 1 aromatic carbocycles. The molecular weight excluding hydrogens is 500 g/mol. The van der Waals surface area contributed by atoms with Gasteiger partial charge in [-0.3, -0.25) is 9.48 Å². The number of aryl methyl sites for hydroxylation is 1. The molecule has 2 saturated carbocycles. The van der Waals surface area contributed by atoms with E-state index in [9.17, 15) is 4.79 Å². The Morgan fingerprint density at radius 1 is 1.05 bits per heavy atom. The number of rotatable bonds is 6. The Balaban J connectivity index is 1.08. The average molecular weight is 545 g/mol. The van der Waals surface area contributed by atoms with Gasteiger partial charge in [0.05, 0.1) is 24.4 Å². The average Bonchev–Trinajstić information content (AvgIpc) is 3.40. The molecule has 3 heterocycles. The number of carbonyl (C=O) groups is 1. The summed E-state index contributed by atoms with van der Waals surface area (Å²) in [6, 6.07) is 11.1. The highest BCUT2D eigenvalue weighted by Crippen LogP contribution is 2.45. The number of methoxy groups -OCH3 is 1. The maximum Gasteiger partial charge on any atom is 0.274 e. The Bertz CT molecular complexity index is 1330. The van der Waals surface area contributed by atoms with Gasteiger partial charge < -0.3 is 20.3 Å².